The average Bonchev–Trinajstić information content (AvgIpc) is 3.23. The van der Waals surface area contributed by atoms with Crippen LogP contribution in [0.2, 0.25) is 0 Å². The Hall–Kier alpha value is -3.39. The minimum Gasteiger partial charge on any atom is -0.326 e. The first-order valence-corrected chi connectivity index (χ1v) is 9.21. The van der Waals surface area contributed by atoms with E-state index in [2.05, 4.69) is 20.6 Å². The van der Waals surface area contributed by atoms with E-state index in [0.29, 0.717) is 16.6 Å². The highest BCUT2D eigenvalue weighted by molar-refractivity contribution is 7.13. The largest absolute Gasteiger partial charge is 0.326 e. The summed E-state index contributed by atoms with van der Waals surface area (Å²) in [5.74, 6) is -0.196. The van der Waals surface area contributed by atoms with E-state index in [0.717, 1.165) is 10.6 Å². The Labute approximate surface area is 158 Å². The summed E-state index contributed by atoms with van der Waals surface area (Å²) in [6.07, 6.45) is 1.88. The van der Waals surface area contributed by atoms with Gasteiger partial charge in [0.25, 0.3) is 5.56 Å². The first-order chi connectivity index (χ1) is 13.2. The number of amides is 1. The van der Waals surface area contributed by atoms with Crippen LogP contribution in [0.5, 0.6) is 0 Å². The molecule has 0 fully saturated rings. The van der Waals surface area contributed by atoms with E-state index in [1.807, 2.05) is 29.6 Å². The topological polar surface area (TPSA) is 89.8 Å². The van der Waals surface area contributed by atoms with E-state index < -0.39 is 0 Å². The van der Waals surface area contributed by atoms with Crippen molar-refractivity contribution in [2.24, 2.45) is 0 Å². The minimum absolute atomic E-state index is 0.126. The Morgan fingerprint density at radius 1 is 1.11 bits per heavy atom. The Balaban J connectivity index is 1.40. The molecule has 1 amide bonds. The monoisotopic (exact) mass is 377 g/mol. The number of aromatic nitrogens is 4. The fourth-order valence-electron chi connectivity index (χ4n) is 2.66. The molecule has 0 aliphatic carbocycles. The SMILES string of the molecule is O=C(CCn1nnc2ccccc2c1=O)Nc1ccc(-c2nccs2)cc1. The molecule has 0 aliphatic heterocycles. The van der Waals surface area contributed by atoms with Crippen LogP contribution in [-0.2, 0) is 11.3 Å². The number of thiazole rings is 1. The number of benzene rings is 2. The Morgan fingerprint density at radius 3 is 2.70 bits per heavy atom. The molecule has 0 saturated carbocycles. The van der Waals surface area contributed by atoms with Gasteiger partial charge < -0.3 is 5.32 Å². The van der Waals surface area contributed by atoms with E-state index in [4.69, 9.17) is 0 Å². The summed E-state index contributed by atoms with van der Waals surface area (Å²) in [6, 6.07) is 14.5. The molecule has 0 aliphatic rings. The predicted molar refractivity (Wildman–Crippen MR) is 105 cm³/mol. The summed E-state index contributed by atoms with van der Waals surface area (Å²) in [6.45, 7) is 0.166. The zero-order valence-electron chi connectivity index (χ0n) is 14.2. The van der Waals surface area contributed by atoms with Gasteiger partial charge in [0, 0.05) is 29.2 Å². The van der Waals surface area contributed by atoms with Crippen molar-refractivity contribution < 1.29 is 4.79 Å². The summed E-state index contributed by atoms with van der Waals surface area (Å²) in [5.41, 5.74) is 1.99. The number of aryl methyl sites for hydroxylation is 1. The fraction of sp³-hybridized carbons (Fsp3) is 0.105. The lowest BCUT2D eigenvalue weighted by Crippen LogP contribution is -2.26. The molecule has 0 spiro atoms. The molecule has 8 heteroatoms. The second-order valence-electron chi connectivity index (χ2n) is 5.85. The standard InChI is InChI=1S/C19H15N5O2S/c25-17(21-14-7-5-13(6-8-14)18-20-10-12-27-18)9-11-24-19(26)15-3-1-2-4-16(15)22-23-24/h1-8,10,12H,9,11H2,(H,21,25). The van der Waals surface area contributed by atoms with Crippen molar-refractivity contribution in [3.8, 4) is 10.6 Å². The van der Waals surface area contributed by atoms with E-state index in [1.165, 1.54) is 4.68 Å². The molecule has 4 aromatic rings. The molecule has 0 atom stereocenters. The van der Waals surface area contributed by atoms with E-state index >= 15 is 0 Å². The highest BCUT2D eigenvalue weighted by Crippen LogP contribution is 2.23. The number of fused-ring (bicyclic) bond motifs is 1. The Kier molecular flexibility index (Phi) is 4.71. The van der Waals surface area contributed by atoms with Crippen LogP contribution in [-0.4, -0.2) is 25.9 Å². The highest BCUT2D eigenvalue weighted by Gasteiger charge is 2.08. The van der Waals surface area contributed by atoms with E-state index in [-0.39, 0.29) is 24.4 Å². The van der Waals surface area contributed by atoms with Gasteiger partial charge in [-0.3, -0.25) is 9.59 Å². The van der Waals surface area contributed by atoms with Crippen molar-refractivity contribution in [3.63, 3.8) is 0 Å². The van der Waals surface area contributed by atoms with Gasteiger partial charge in [-0.25, -0.2) is 9.67 Å². The van der Waals surface area contributed by atoms with Gasteiger partial charge in [-0.1, -0.05) is 17.3 Å². The molecule has 2 aromatic carbocycles. The van der Waals surface area contributed by atoms with E-state index in [9.17, 15) is 9.59 Å². The lowest BCUT2D eigenvalue weighted by Gasteiger charge is -2.07. The highest BCUT2D eigenvalue weighted by atomic mass is 32.1. The molecule has 27 heavy (non-hydrogen) atoms. The third-order valence-electron chi connectivity index (χ3n) is 4.03. The van der Waals surface area contributed by atoms with Gasteiger partial charge >= 0.3 is 0 Å². The van der Waals surface area contributed by atoms with Gasteiger partial charge in [0.1, 0.15) is 10.5 Å². The van der Waals surface area contributed by atoms with Crippen molar-refractivity contribution in [2.75, 3.05) is 5.32 Å². The van der Waals surface area contributed by atoms with Gasteiger partial charge in [-0.05, 0) is 36.4 Å². The molecule has 2 heterocycles. The molecule has 7 nitrogen and oxygen atoms in total. The summed E-state index contributed by atoms with van der Waals surface area (Å²) in [7, 11) is 0. The number of carbonyl (C=O) groups excluding carboxylic acids is 1. The summed E-state index contributed by atoms with van der Waals surface area (Å²) >= 11 is 1.56. The zero-order valence-corrected chi connectivity index (χ0v) is 15.0. The van der Waals surface area contributed by atoms with Crippen LogP contribution in [0.3, 0.4) is 0 Å². The zero-order chi connectivity index (χ0) is 18.6. The summed E-state index contributed by atoms with van der Waals surface area (Å²) < 4.78 is 1.22. The maximum atomic E-state index is 12.4. The van der Waals surface area contributed by atoms with E-state index in [1.54, 1.807) is 41.8 Å². The van der Waals surface area contributed by atoms with Gasteiger partial charge in [0.15, 0.2) is 0 Å². The molecular formula is C19H15N5O2S. The summed E-state index contributed by atoms with van der Waals surface area (Å²) in [5, 5.41) is 14.1. The number of hydrogen-bond acceptors (Lipinski definition) is 6. The van der Waals surface area contributed by atoms with Crippen LogP contribution in [0.25, 0.3) is 21.5 Å². The third-order valence-corrected chi connectivity index (χ3v) is 4.85. The van der Waals surface area contributed by atoms with Crippen LogP contribution in [0, 0.1) is 0 Å². The van der Waals surface area contributed by atoms with Crippen LogP contribution < -0.4 is 10.9 Å². The Morgan fingerprint density at radius 2 is 1.93 bits per heavy atom. The van der Waals surface area contributed by atoms with Crippen LogP contribution in [0.15, 0.2) is 64.9 Å². The molecule has 2 aromatic heterocycles. The average molecular weight is 377 g/mol. The molecular weight excluding hydrogens is 362 g/mol. The van der Waals surface area contributed by atoms with Crippen molar-refractivity contribution in [1.29, 1.82) is 0 Å². The maximum absolute atomic E-state index is 12.4. The van der Waals surface area contributed by atoms with Gasteiger partial charge in [-0.2, -0.15) is 0 Å². The summed E-state index contributed by atoms with van der Waals surface area (Å²) in [4.78, 5) is 28.8. The normalized spacial score (nSPS) is 10.8. The first kappa shape index (κ1) is 17.0. The quantitative estimate of drug-likeness (QED) is 0.577. The number of anilines is 1. The molecule has 4 rings (SSSR count). The van der Waals surface area contributed by atoms with Gasteiger partial charge in [0.2, 0.25) is 5.91 Å². The number of carbonyl (C=O) groups is 1. The molecule has 0 bridgehead atoms. The Bertz CT molecular complexity index is 1140. The lowest BCUT2D eigenvalue weighted by molar-refractivity contribution is -0.116. The minimum atomic E-state index is -0.249. The van der Waals surface area contributed by atoms with Gasteiger partial charge in [-0.15, -0.1) is 16.4 Å². The van der Waals surface area contributed by atoms with Gasteiger partial charge in [0.05, 0.1) is 11.9 Å². The van der Waals surface area contributed by atoms with Crippen LogP contribution in [0.1, 0.15) is 6.42 Å². The maximum Gasteiger partial charge on any atom is 0.277 e. The molecule has 134 valence electrons. The van der Waals surface area contributed by atoms with Crippen molar-refractivity contribution in [3.05, 3.63) is 70.5 Å². The molecule has 0 radical (unpaired) electrons. The smallest absolute Gasteiger partial charge is 0.277 e. The molecule has 1 N–H and O–H groups in total. The second-order valence-corrected chi connectivity index (χ2v) is 6.74. The van der Waals surface area contributed by atoms with Crippen molar-refractivity contribution in [1.82, 2.24) is 20.0 Å². The number of rotatable bonds is 5. The second kappa shape index (κ2) is 7.46. The molecule has 0 unspecified atom stereocenters. The fourth-order valence-corrected chi connectivity index (χ4v) is 3.31. The molecule has 0 saturated heterocycles. The number of nitrogens with zero attached hydrogens (tertiary/aromatic N) is 4. The van der Waals surface area contributed by atoms with Crippen molar-refractivity contribution >= 4 is 33.8 Å². The third kappa shape index (κ3) is 3.75. The first-order valence-electron chi connectivity index (χ1n) is 8.33. The number of hydrogen-bond donors (Lipinski definition) is 1. The number of nitrogens with one attached hydrogen (secondary N) is 1. The van der Waals surface area contributed by atoms with Crippen molar-refractivity contribution in [2.45, 2.75) is 13.0 Å². The predicted octanol–water partition coefficient (Wildman–Crippen LogP) is 2.94. The van der Waals surface area contributed by atoms with Crippen LogP contribution in [0.4, 0.5) is 5.69 Å². The lowest BCUT2D eigenvalue weighted by atomic mass is 10.2. The van der Waals surface area contributed by atoms with Crippen LogP contribution >= 0.6 is 11.3 Å².